The number of likely N-dealkylation sites (tertiary alicyclic amines) is 2. The van der Waals surface area contributed by atoms with Crippen LogP contribution in [0.2, 0.25) is 0 Å². The molecule has 1 saturated carbocycles. The van der Waals surface area contributed by atoms with Crippen molar-refractivity contribution < 1.29 is 4.79 Å². The summed E-state index contributed by atoms with van der Waals surface area (Å²) in [6.45, 7) is 2.44. The van der Waals surface area contributed by atoms with Crippen LogP contribution in [0.4, 0.5) is 0 Å². The summed E-state index contributed by atoms with van der Waals surface area (Å²) < 4.78 is 0. The Labute approximate surface area is 207 Å². The van der Waals surface area contributed by atoms with Gasteiger partial charge in [-0.2, -0.15) is 0 Å². The number of likely N-dealkylation sites (N-methyl/N-ethyl adjacent to an activating group) is 1. The van der Waals surface area contributed by atoms with Crippen LogP contribution in [0, 0.1) is 5.41 Å². The van der Waals surface area contributed by atoms with Gasteiger partial charge in [-0.1, -0.05) is 56.2 Å². The van der Waals surface area contributed by atoms with Crippen molar-refractivity contribution in [3.63, 3.8) is 0 Å². The van der Waals surface area contributed by atoms with Gasteiger partial charge < -0.3 is 4.90 Å². The molecule has 4 heterocycles. The first-order valence-corrected chi connectivity index (χ1v) is 12.9. The van der Waals surface area contributed by atoms with Gasteiger partial charge in [0.15, 0.2) is 0 Å². The summed E-state index contributed by atoms with van der Waals surface area (Å²) in [5.41, 5.74) is 3.53. The zero-order valence-electron chi connectivity index (χ0n) is 20.5. The molecule has 0 unspecified atom stereocenters. The Balaban J connectivity index is 1.39. The SMILES string of the molecule is CN1[C@@H](Cc2ccccc2)[C@@H]2C[C@@]3(C)[C@H](CCCC[C@@H]13)N2C(=O)c1cccc(-c2cncnc2)n1. The number of fused-ring (bicyclic) bond motifs is 1. The maximum Gasteiger partial charge on any atom is 0.273 e. The Morgan fingerprint density at radius 2 is 1.74 bits per heavy atom. The van der Waals surface area contributed by atoms with E-state index in [1.807, 2.05) is 18.2 Å². The number of hydrogen-bond donors (Lipinski definition) is 0. The average Bonchev–Trinajstić information content (AvgIpc) is 3.04. The molecule has 0 spiro atoms. The third-order valence-electron chi connectivity index (χ3n) is 8.88. The first kappa shape index (κ1) is 22.4. The highest BCUT2D eigenvalue weighted by atomic mass is 16.2. The van der Waals surface area contributed by atoms with Crippen molar-refractivity contribution in [2.45, 2.75) is 69.6 Å². The van der Waals surface area contributed by atoms with Crippen molar-refractivity contribution in [1.82, 2.24) is 24.8 Å². The van der Waals surface area contributed by atoms with E-state index in [-0.39, 0.29) is 23.4 Å². The molecule has 2 aliphatic heterocycles. The number of hydrogen-bond acceptors (Lipinski definition) is 5. The molecule has 3 aromatic rings. The molecule has 1 aliphatic carbocycles. The van der Waals surface area contributed by atoms with Crippen molar-refractivity contribution in [2.24, 2.45) is 5.41 Å². The molecule has 0 radical (unpaired) electrons. The predicted molar refractivity (Wildman–Crippen MR) is 136 cm³/mol. The van der Waals surface area contributed by atoms with Crippen molar-refractivity contribution in [1.29, 1.82) is 0 Å². The summed E-state index contributed by atoms with van der Waals surface area (Å²) in [4.78, 5) is 32.2. The minimum atomic E-state index is 0.0661. The van der Waals surface area contributed by atoms with E-state index in [1.165, 1.54) is 31.2 Å². The number of carbonyl (C=O) groups excluding carboxylic acids is 1. The van der Waals surface area contributed by atoms with Crippen LogP contribution in [0.1, 0.15) is 55.1 Å². The minimum Gasteiger partial charge on any atom is -0.329 e. The fourth-order valence-electron chi connectivity index (χ4n) is 7.26. The van der Waals surface area contributed by atoms with Crippen molar-refractivity contribution >= 4 is 5.91 Å². The van der Waals surface area contributed by atoms with Crippen LogP contribution in [0.15, 0.2) is 67.3 Å². The second kappa shape index (κ2) is 8.83. The van der Waals surface area contributed by atoms with E-state index in [0.29, 0.717) is 17.8 Å². The van der Waals surface area contributed by atoms with Crippen LogP contribution in [-0.2, 0) is 6.42 Å². The van der Waals surface area contributed by atoms with Gasteiger partial charge in [-0.05, 0) is 50.4 Å². The number of benzene rings is 1. The highest BCUT2D eigenvalue weighted by Gasteiger charge is 2.62. The number of pyridine rings is 1. The molecule has 6 nitrogen and oxygen atoms in total. The summed E-state index contributed by atoms with van der Waals surface area (Å²) in [6, 6.07) is 17.7. The molecule has 1 aromatic carbocycles. The Bertz CT molecular complexity index is 1200. The summed E-state index contributed by atoms with van der Waals surface area (Å²) >= 11 is 0. The molecular weight excluding hydrogens is 434 g/mol. The highest BCUT2D eigenvalue weighted by Crippen LogP contribution is 2.55. The van der Waals surface area contributed by atoms with E-state index in [9.17, 15) is 4.79 Å². The first-order valence-electron chi connectivity index (χ1n) is 12.9. The molecule has 6 rings (SSSR count). The molecule has 1 amide bonds. The van der Waals surface area contributed by atoms with Crippen LogP contribution in [-0.4, -0.2) is 61.9 Å². The lowest BCUT2D eigenvalue weighted by atomic mass is 9.69. The van der Waals surface area contributed by atoms with E-state index in [1.54, 1.807) is 12.4 Å². The van der Waals surface area contributed by atoms with Gasteiger partial charge in [0.2, 0.25) is 0 Å². The minimum absolute atomic E-state index is 0.0661. The fraction of sp³-hybridized carbons (Fsp3) is 0.448. The Morgan fingerprint density at radius 1 is 1.00 bits per heavy atom. The number of nitrogens with zero attached hydrogens (tertiary/aromatic N) is 5. The summed E-state index contributed by atoms with van der Waals surface area (Å²) in [5, 5.41) is 0. The van der Waals surface area contributed by atoms with E-state index < -0.39 is 0 Å². The van der Waals surface area contributed by atoms with Crippen LogP contribution in [0.25, 0.3) is 11.3 Å². The maximum atomic E-state index is 14.2. The third kappa shape index (κ3) is 3.75. The third-order valence-corrected chi connectivity index (χ3v) is 8.88. The van der Waals surface area contributed by atoms with Gasteiger partial charge in [0, 0.05) is 47.5 Å². The van der Waals surface area contributed by atoms with Crippen molar-refractivity contribution in [2.75, 3.05) is 7.05 Å². The average molecular weight is 468 g/mol. The Kier molecular flexibility index (Phi) is 5.64. The molecule has 2 bridgehead atoms. The molecule has 3 aliphatic rings. The van der Waals surface area contributed by atoms with Crippen molar-refractivity contribution in [3.05, 3.63) is 78.5 Å². The smallest absolute Gasteiger partial charge is 0.273 e. The van der Waals surface area contributed by atoms with Gasteiger partial charge in [-0.25, -0.2) is 15.0 Å². The summed E-state index contributed by atoms with van der Waals surface area (Å²) in [6.07, 6.45) is 11.7. The standard InChI is InChI=1S/C29H33N5O/c1-29-16-25-24(15-20-9-4-3-5-10-20)33(2)26(29)13-6-7-14-27(29)34(25)28(35)23-12-8-11-22(32-23)21-17-30-19-31-18-21/h3-5,8-12,17-19,24-27H,6-7,13-16H2,1-2H3/t24-,25-,26+,27-,29+/m0/s1. The second-order valence-electron chi connectivity index (χ2n) is 10.8. The van der Waals surface area contributed by atoms with E-state index in [4.69, 9.17) is 4.98 Å². The first-order chi connectivity index (χ1) is 17.1. The molecule has 6 heteroatoms. The number of rotatable bonds is 4. The fourth-order valence-corrected chi connectivity index (χ4v) is 7.26. The lowest BCUT2D eigenvalue weighted by molar-refractivity contribution is 0.0155. The number of aromatic nitrogens is 3. The molecule has 3 fully saturated rings. The second-order valence-corrected chi connectivity index (χ2v) is 10.8. The molecular formula is C29H33N5O. The topological polar surface area (TPSA) is 62.2 Å². The maximum absolute atomic E-state index is 14.2. The summed E-state index contributed by atoms with van der Waals surface area (Å²) in [5.74, 6) is 0.0661. The number of carbonyl (C=O) groups is 1. The zero-order chi connectivity index (χ0) is 24.0. The normalized spacial score (nSPS) is 30.2. The largest absolute Gasteiger partial charge is 0.329 e. The van der Waals surface area contributed by atoms with Gasteiger partial charge in [0.05, 0.1) is 5.69 Å². The predicted octanol–water partition coefficient (Wildman–Crippen LogP) is 4.63. The van der Waals surface area contributed by atoms with Crippen LogP contribution >= 0.6 is 0 Å². The molecule has 35 heavy (non-hydrogen) atoms. The number of piperidine rings is 1. The molecule has 2 aromatic heterocycles. The molecule has 0 N–H and O–H groups in total. The van der Waals surface area contributed by atoms with Crippen LogP contribution in [0.3, 0.4) is 0 Å². The van der Waals surface area contributed by atoms with Gasteiger partial charge in [0.1, 0.15) is 12.0 Å². The lowest BCUT2D eigenvalue weighted by Crippen LogP contribution is -2.58. The van der Waals surface area contributed by atoms with Gasteiger partial charge >= 0.3 is 0 Å². The van der Waals surface area contributed by atoms with E-state index in [2.05, 4.69) is 64.1 Å². The highest BCUT2D eigenvalue weighted by molar-refractivity contribution is 5.93. The molecule has 5 atom stereocenters. The van der Waals surface area contributed by atoms with Crippen LogP contribution < -0.4 is 0 Å². The quantitative estimate of drug-likeness (QED) is 0.560. The lowest BCUT2D eigenvalue weighted by Gasteiger charge is -2.49. The zero-order valence-corrected chi connectivity index (χ0v) is 20.5. The molecule has 180 valence electrons. The van der Waals surface area contributed by atoms with Crippen LogP contribution in [0.5, 0.6) is 0 Å². The van der Waals surface area contributed by atoms with Gasteiger partial charge in [-0.15, -0.1) is 0 Å². The number of amides is 1. The molecule has 2 saturated heterocycles. The Morgan fingerprint density at radius 3 is 2.51 bits per heavy atom. The summed E-state index contributed by atoms with van der Waals surface area (Å²) in [7, 11) is 2.30. The van der Waals surface area contributed by atoms with Crippen molar-refractivity contribution in [3.8, 4) is 11.3 Å². The monoisotopic (exact) mass is 467 g/mol. The van der Waals surface area contributed by atoms with Gasteiger partial charge in [-0.3, -0.25) is 9.69 Å². The Hall–Kier alpha value is -3.12. The van der Waals surface area contributed by atoms with E-state index >= 15 is 0 Å². The van der Waals surface area contributed by atoms with E-state index in [0.717, 1.165) is 30.5 Å². The van der Waals surface area contributed by atoms with Gasteiger partial charge in [0.25, 0.3) is 5.91 Å².